The zero-order valence-corrected chi connectivity index (χ0v) is 20.8. The van der Waals surface area contributed by atoms with E-state index in [-0.39, 0.29) is 17.7 Å². The van der Waals surface area contributed by atoms with Gasteiger partial charge in [-0.15, -0.1) is 17.8 Å². The maximum atomic E-state index is 14.0. The minimum atomic E-state index is -1.06. The number of rotatable bonds is 8. The first-order chi connectivity index (χ1) is 17.9. The van der Waals surface area contributed by atoms with E-state index in [1.807, 2.05) is 10.3 Å². The summed E-state index contributed by atoms with van der Waals surface area (Å²) >= 11 is 1.37. The van der Waals surface area contributed by atoms with Gasteiger partial charge in [0.2, 0.25) is 0 Å². The highest BCUT2D eigenvalue weighted by Crippen LogP contribution is 2.35. The van der Waals surface area contributed by atoms with Crippen LogP contribution in [-0.4, -0.2) is 71.7 Å². The lowest BCUT2D eigenvalue weighted by atomic mass is 9.92. The van der Waals surface area contributed by atoms with Gasteiger partial charge in [-0.3, -0.25) is 9.89 Å². The normalized spacial score (nSPS) is 20.3. The van der Waals surface area contributed by atoms with Crippen molar-refractivity contribution in [3.8, 4) is 12.3 Å². The lowest BCUT2D eigenvalue weighted by molar-refractivity contribution is -0.139. The number of nitrogens with zero attached hydrogens (tertiary/aromatic N) is 3. The van der Waals surface area contributed by atoms with Crippen LogP contribution in [-0.2, 0) is 19.1 Å². The number of aliphatic carboxylic acids is 1. The van der Waals surface area contributed by atoms with Gasteiger partial charge in [-0.2, -0.15) is 0 Å². The van der Waals surface area contributed by atoms with Crippen molar-refractivity contribution in [1.29, 1.82) is 0 Å². The Morgan fingerprint density at radius 1 is 1.46 bits per heavy atom. The maximum absolute atomic E-state index is 14.0. The summed E-state index contributed by atoms with van der Waals surface area (Å²) in [6.45, 7) is 3.50. The summed E-state index contributed by atoms with van der Waals surface area (Å²) in [6, 6.07) is 3.19. The highest BCUT2D eigenvalue weighted by molar-refractivity contribution is 7.11. The second kappa shape index (κ2) is 11.9. The number of hydrogen-bond donors (Lipinski definition) is 2. The third-order valence-corrected chi connectivity index (χ3v) is 6.51. The Labute approximate surface area is 217 Å². The van der Waals surface area contributed by atoms with Crippen molar-refractivity contribution in [2.75, 3.05) is 32.8 Å². The second-order valence-corrected chi connectivity index (χ2v) is 9.07. The van der Waals surface area contributed by atoms with E-state index in [2.05, 4.69) is 16.2 Å². The van der Waals surface area contributed by atoms with Gasteiger partial charge in [-0.25, -0.2) is 19.0 Å². The number of morpholine rings is 1. The van der Waals surface area contributed by atoms with Crippen LogP contribution < -0.4 is 5.32 Å². The lowest BCUT2D eigenvalue weighted by Crippen LogP contribution is -2.46. The van der Waals surface area contributed by atoms with Crippen molar-refractivity contribution in [2.24, 2.45) is 4.99 Å². The topological polar surface area (TPSA) is 113 Å². The fourth-order valence-electron chi connectivity index (χ4n) is 4.14. The van der Waals surface area contributed by atoms with Crippen molar-refractivity contribution in [3.05, 3.63) is 75.1 Å². The van der Waals surface area contributed by atoms with Crippen LogP contribution in [0.4, 0.5) is 4.39 Å². The van der Waals surface area contributed by atoms with E-state index in [1.54, 1.807) is 13.1 Å². The Morgan fingerprint density at radius 2 is 2.30 bits per heavy atom. The van der Waals surface area contributed by atoms with Crippen LogP contribution in [0.15, 0.2) is 58.2 Å². The average molecular weight is 525 g/mol. The lowest BCUT2D eigenvalue weighted by Gasteiger charge is -2.34. The predicted molar refractivity (Wildman–Crippen MR) is 135 cm³/mol. The number of carboxylic acid groups (broad SMARTS) is 1. The molecule has 1 saturated heterocycles. The molecule has 1 fully saturated rings. The molecule has 1 aromatic heterocycles. The van der Waals surface area contributed by atoms with Crippen LogP contribution in [0.25, 0.3) is 0 Å². The molecule has 37 heavy (non-hydrogen) atoms. The summed E-state index contributed by atoms with van der Waals surface area (Å²) in [5.74, 6) is 0.828. The molecule has 0 amide bonds. The quantitative estimate of drug-likeness (QED) is 0.308. The summed E-state index contributed by atoms with van der Waals surface area (Å²) in [5.41, 5.74) is 1.57. The summed E-state index contributed by atoms with van der Waals surface area (Å²) in [6.07, 6.45) is 9.46. The van der Waals surface area contributed by atoms with E-state index in [1.165, 1.54) is 35.6 Å². The number of esters is 1. The summed E-state index contributed by atoms with van der Waals surface area (Å²) in [4.78, 5) is 35.4. The molecule has 2 atom stereocenters. The number of aliphatic imine (C=N–C) groups is 1. The fraction of sp³-hybridized carbons (Fsp3) is 0.308. The van der Waals surface area contributed by atoms with Gasteiger partial charge >= 0.3 is 11.9 Å². The van der Waals surface area contributed by atoms with Gasteiger partial charge < -0.3 is 19.9 Å². The molecule has 1 unspecified atom stereocenters. The van der Waals surface area contributed by atoms with Crippen LogP contribution in [0, 0.1) is 18.2 Å². The highest BCUT2D eigenvalue weighted by Gasteiger charge is 2.35. The molecule has 2 N–H and O–H groups in total. The number of thiazole rings is 1. The number of amidine groups is 1. The van der Waals surface area contributed by atoms with Crippen molar-refractivity contribution in [1.82, 2.24) is 15.2 Å². The Kier molecular flexibility index (Phi) is 8.45. The molecule has 0 saturated carbocycles. The van der Waals surface area contributed by atoms with Crippen molar-refractivity contribution < 1.29 is 28.6 Å². The maximum Gasteiger partial charge on any atom is 0.338 e. The molecule has 11 heteroatoms. The zero-order chi connectivity index (χ0) is 26.4. The van der Waals surface area contributed by atoms with Gasteiger partial charge in [0.25, 0.3) is 0 Å². The van der Waals surface area contributed by atoms with Crippen molar-refractivity contribution in [2.45, 2.75) is 19.1 Å². The van der Waals surface area contributed by atoms with Crippen molar-refractivity contribution >= 4 is 29.1 Å². The summed E-state index contributed by atoms with van der Waals surface area (Å²) < 4.78 is 25.1. The smallest absolute Gasteiger partial charge is 0.338 e. The average Bonchev–Trinajstić information content (AvgIpc) is 3.42. The molecule has 0 spiro atoms. The number of aromatic nitrogens is 1. The van der Waals surface area contributed by atoms with E-state index in [9.17, 15) is 14.0 Å². The first-order valence-corrected chi connectivity index (χ1v) is 12.4. The molecule has 4 rings (SSSR count). The van der Waals surface area contributed by atoms with Gasteiger partial charge in [-0.05, 0) is 30.7 Å². The first kappa shape index (κ1) is 26.2. The van der Waals surface area contributed by atoms with E-state index in [4.69, 9.17) is 26.0 Å². The van der Waals surface area contributed by atoms with Crippen LogP contribution in [0.5, 0.6) is 0 Å². The molecule has 1 aromatic carbocycles. The van der Waals surface area contributed by atoms with Gasteiger partial charge in [0.05, 0.1) is 24.9 Å². The SMILES string of the molecule is C#Cc1cc(F)ccc1C1N=C(c2nccs2)NC(CN2CCO[C@H](/C=C/C(=O)O)C2)=C1C(=O)OCC. The zero-order valence-electron chi connectivity index (χ0n) is 20.0. The standard InChI is InChI=1S/C26H25FN4O5S/c1-3-16-13-17(27)5-7-19(16)23-22(26(34)35-4-2)20(29-24(30-23)25-28-9-12-37-25)15-31-10-11-36-18(14-31)6-8-21(32)33/h1,5-9,12-13,18,23H,4,10-11,14-15H2,2H3,(H,29,30)(H,32,33)/b8-6+/t18-,23?/m1/s1. The first-order valence-electron chi connectivity index (χ1n) is 11.6. The molecule has 9 nitrogen and oxygen atoms in total. The molecule has 0 bridgehead atoms. The third-order valence-electron chi connectivity index (χ3n) is 5.73. The molecule has 192 valence electrons. The number of nitrogens with one attached hydrogen (secondary N) is 1. The minimum Gasteiger partial charge on any atom is -0.478 e. The van der Waals surface area contributed by atoms with E-state index in [0.29, 0.717) is 48.3 Å². The number of halogens is 1. The Bertz CT molecular complexity index is 1300. The largest absolute Gasteiger partial charge is 0.478 e. The molecule has 0 radical (unpaired) electrons. The molecular formula is C26H25FN4O5S. The minimum absolute atomic E-state index is 0.149. The van der Waals surface area contributed by atoms with E-state index in [0.717, 1.165) is 6.08 Å². The second-order valence-electron chi connectivity index (χ2n) is 8.17. The van der Waals surface area contributed by atoms with Crippen LogP contribution in [0.2, 0.25) is 0 Å². The van der Waals surface area contributed by atoms with Gasteiger partial charge in [0.15, 0.2) is 10.8 Å². The summed E-state index contributed by atoms with van der Waals surface area (Å²) in [5, 5.41) is 14.6. The molecule has 0 aliphatic carbocycles. The molecular weight excluding hydrogens is 499 g/mol. The van der Waals surface area contributed by atoms with Crippen LogP contribution in [0.1, 0.15) is 29.1 Å². The highest BCUT2D eigenvalue weighted by atomic mass is 32.1. The monoisotopic (exact) mass is 524 g/mol. The number of ether oxygens (including phenoxy) is 2. The molecule has 2 aromatic rings. The fourth-order valence-corrected chi connectivity index (χ4v) is 4.73. The Morgan fingerprint density at radius 3 is 3.00 bits per heavy atom. The molecule has 2 aliphatic heterocycles. The summed E-state index contributed by atoms with van der Waals surface area (Å²) in [7, 11) is 0. The van der Waals surface area contributed by atoms with Gasteiger partial charge in [0, 0.05) is 48.5 Å². The van der Waals surface area contributed by atoms with Gasteiger partial charge in [0.1, 0.15) is 11.9 Å². The number of terminal acetylenes is 1. The Hall–Kier alpha value is -3.85. The van der Waals surface area contributed by atoms with E-state index >= 15 is 0 Å². The molecule has 2 aliphatic rings. The number of carboxylic acids is 1. The van der Waals surface area contributed by atoms with Gasteiger partial charge in [-0.1, -0.05) is 12.0 Å². The third kappa shape index (κ3) is 6.29. The number of carbonyl (C=O) groups excluding carboxylic acids is 1. The Balaban J connectivity index is 1.77. The number of benzene rings is 1. The van der Waals surface area contributed by atoms with E-state index < -0.39 is 29.9 Å². The number of carbonyl (C=O) groups is 2. The van der Waals surface area contributed by atoms with Crippen molar-refractivity contribution in [3.63, 3.8) is 0 Å². The number of hydrogen-bond acceptors (Lipinski definition) is 9. The predicted octanol–water partition coefficient (Wildman–Crippen LogP) is 2.51. The molecule has 3 heterocycles. The van der Waals surface area contributed by atoms with Crippen LogP contribution >= 0.6 is 11.3 Å². The van der Waals surface area contributed by atoms with Crippen LogP contribution in [0.3, 0.4) is 0 Å².